The number of rotatable bonds is 11. The summed E-state index contributed by atoms with van der Waals surface area (Å²) in [6, 6.07) is 16.5. The monoisotopic (exact) mass is 1060 g/mol. The predicted molar refractivity (Wildman–Crippen MR) is 233 cm³/mol. The molecule has 350 valence electrons. The summed E-state index contributed by atoms with van der Waals surface area (Å²) in [5.74, 6) is -1.09. The van der Waals surface area contributed by atoms with Crippen molar-refractivity contribution in [2.75, 3.05) is 21.7 Å². The number of phenolic OH excluding ortho intramolecular Hbond substituents is 1. The van der Waals surface area contributed by atoms with E-state index in [1.807, 2.05) is 0 Å². The topological polar surface area (TPSA) is 450 Å². The fourth-order valence-electron chi connectivity index (χ4n) is 5.65. The van der Waals surface area contributed by atoms with Gasteiger partial charge in [-0.3, -0.25) is 13.7 Å². The second-order valence-corrected chi connectivity index (χ2v) is 18.0. The van der Waals surface area contributed by atoms with Gasteiger partial charge in [0, 0.05) is 27.5 Å². The predicted octanol–water partition coefficient (Wildman–Crippen LogP) is 4.34. The number of anilines is 7. The molecule has 7 rings (SSSR count). The standard InChI is InChI=1S/C32H22Cl2N12O10S3.2O3S/c33-27-39-29(35)43-30(40-27)36-15-3-1-4-16(12-15)37-31-41-28(34)42-32(44-31)38-22-13-17(57(48,49)50)11-14-7-9-20(25(47)24(14)22)45-46-21-10-8-18-19(26(21)59(54,55)56)5-2-6-23(18)58(51,52)53;2*1-4(2)3/h1-13,47H,(H,48,49,50)(H,51,52,53)(H,54,55,56)(H3,35,36,39,40,43)(H2,37,38,41,42,44);;. The van der Waals surface area contributed by atoms with Crippen LogP contribution < -0.4 is 21.7 Å². The van der Waals surface area contributed by atoms with Gasteiger partial charge in [-0.25, -0.2) is 0 Å². The molecule has 0 spiro atoms. The molecule has 2 aromatic heterocycles. The Kier molecular flexibility index (Phi) is 15.6. The Labute approximate surface area is 387 Å². The molecular weight excluding hydrogens is 1040 g/mol. The molecule has 67 heavy (non-hydrogen) atoms. The van der Waals surface area contributed by atoms with Crippen LogP contribution in [-0.4, -0.2) is 99.2 Å². The van der Waals surface area contributed by atoms with Crippen molar-refractivity contribution in [3.63, 3.8) is 0 Å². The summed E-state index contributed by atoms with van der Waals surface area (Å²) in [5, 5.41) is 26.8. The Morgan fingerprint density at radius 2 is 1.09 bits per heavy atom. The molecule has 0 aliphatic rings. The number of hydrogen-bond acceptors (Lipinski definition) is 25. The van der Waals surface area contributed by atoms with E-state index in [0.717, 1.165) is 36.4 Å². The van der Waals surface area contributed by atoms with Crippen molar-refractivity contribution in [3.05, 3.63) is 89.4 Å². The molecule has 0 saturated carbocycles. The van der Waals surface area contributed by atoms with E-state index in [1.165, 1.54) is 18.2 Å². The first-order valence-electron chi connectivity index (χ1n) is 16.9. The van der Waals surface area contributed by atoms with E-state index in [4.69, 9.17) is 54.2 Å². The third-order valence-electron chi connectivity index (χ3n) is 7.95. The molecular formula is C32H22Cl2N12O16S5. The Hall–Kier alpha value is -7.21. The lowest BCUT2D eigenvalue weighted by atomic mass is 10.1. The minimum atomic E-state index is -5.11. The zero-order chi connectivity index (χ0) is 49.6. The van der Waals surface area contributed by atoms with Crippen LogP contribution in [-0.2, 0) is 51.6 Å². The van der Waals surface area contributed by atoms with Crippen LogP contribution in [0.15, 0.2) is 104 Å². The number of nitrogen functional groups attached to an aromatic ring is 1. The highest BCUT2D eigenvalue weighted by Gasteiger charge is 2.24. The summed E-state index contributed by atoms with van der Waals surface area (Å²) in [6.07, 6.45) is 0. The van der Waals surface area contributed by atoms with Gasteiger partial charge in [0.1, 0.15) is 21.2 Å². The van der Waals surface area contributed by atoms with E-state index in [-0.39, 0.29) is 67.3 Å². The fourth-order valence-corrected chi connectivity index (χ4v) is 8.05. The van der Waals surface area contributed by atoms with Crippen molar-refractivity contribution >= 4 is 149 Å². The van der Waals surface area contributed by atoms with E-state index in [2.05, 4.69) is 56.1 Å². The maximum Gasteiger partial charge on any atom is 0.425 e. The number of aromatic nitrogens is 6. The largest absolute Gasteiger partial charge is 0.505 e. The zero-order valence-corrected chi connectivity index (χ0v) is 37.7. The fraction of sp³-hybridized carbons (Fsp3) is 0. The highest BCUT2D eigenvalue weighted by Crippen LogP contribution is 2.43. The van der Waals surface area contributed by atoms with Crippen LogP contribution in [0.3, 0.4) is 0 Å². The number of nitrogens with one attached hydrogen (secondary N) is 3. The Balaban J connectivity index is 0.000000973. The van der Waals surface area contributed by atoms with Gasteiger partial charge >= 0.3 is 21.2 Å². The van der Waals surface area contributed by atoms with Crippen molar-refractivity contribution in [3.8, 4) is 5.75 Å². The number of nitrogens with two attached hydrogens (primary N) is 1. The minimum absolute atomic E-state index is 0.0326. The third-order valence-corrected chi connectivity index (χ3v) is 11.0. The normalized spacial score (nSPS) is 11.5. The summed E-state index contributed by atoms with van der Waals surface area (Å²) in [4.78, 5) is 21.9. The van der Waals surface area contributed by atoms with Crippen LogP contribution in [0.2, 0.25) is 10.6 Å². The van der Waals surface area contributed by atoms with Gasteiger partial charge in [-0.05, 0) is 77.1 Å². The molecule has 9 N–H and O–H groups in total. The SMILES string of the molecule is Nc1nc(Cl)nc(Nc2cccc(Nc3nc(Cl)nc(Nc4cc(S(=O)(=O)O)cc5ccc(N=Nc6ccc7c(S(=O)(=O)O)cccc7c6S(=O)(=O)O)c(O)c45)n3)c2)n1.O=S(=O)=O.O=S(=O)=O. The number of nitrogens with zero attached hydrogens (tertiary/aromatic N) is 8. The van der Waals surface area contributed by atoms with Crippen molar-refractivity contribution in [2.45, 2.75) is 14.7 Å². The zero-order valence-electron chi connectivity index (χ0n) is 32.1. The second-order valence-electron chi connectivity index (χ2n) is 12.3. The van der Waals surface area contributed by atoms with Crippen LogP contribution in [0.5, 0.6) is 5.75 Å². The molecule has 0 aliphatic carbocycles. The van der Waals surface area contributed by atoms with Crippen LogP contribution in [0, 0.1) is 0 Å². The maximum absolute atomic E-state index is 12.5. The molecule has 0 amide bonds. The number of aromatic hydroxyl groups is 1. The highest BCUT2D eigenvalue weighted by molar-refractivity contribution is 7.86. The van der Waals surface area contributed by atoms with Crippen molar-refractivity contribution in [2.24, 2.45) is 10.2 Å². The second kappa shape index (κ2) is 20.5. The first-order valence-corrected chi connectivity index (χ1v) is 24.0. The van der Waals surface area contributed by atoms with Gasteiger partial charge in [0.15, 0.2) is 5.75 Å². The molecule has 0 bridgehead atoms. The minimum Gasteiger partial charge on any atom is -0.505 e. The summed E-state index contributed by atoms with van der Waals surface area (Å²) >= 11 is 12.1. The molecule has 5 aromatic carbocycles. The Morgan fingerprint density at radius 3 is 1.64 bits per heavy atom. The van der Waals surface area contributed by atoms with Gasteiger partial charge in [-0.2, -0.15) is 55.2 Å². The average Bonchev–Trinajstić information content (AvgIpc) is 3.18. The molecule has 7 aromatic rings. The molecule has 0 fully saturated rings. The van der Waals surface area contributed by atoms with Crippen molar-refractivity contribution in [1.29, 1.82) is 0 Å². The van der Waals surface area contributed by atoms with Gasteiger partial charge in [0.05, 0.1) is 10.6 Å². The lowest BCUT2D eigenvalue weighted by Crippen LogP contribution is -2.06. The summed E-state index contributed by atoms with van der Waals surface area (Å²) in [7, 11) is -21.0. The number of phenols is 1. The van der Waals surface area contributed by atoms with Gasteiger partial charge in [-0.1, -0.05) is 30.3 Å². The lowest BCUT2D eigenvalue weighted by Gasteiger charge is -2.14. The number of azo groups is 1. The Bertz CT molecular complexity index is 3690. The van der Waals surface area contributed by atoms with E-state index < -0.39 is 77.7 Å². The quantitative estimate of drug-likeness (QED) is 0.0659. The number of fused-ring (bicyclic) bond motifs is 2. The molecule has 0 aliphatic heterocycles. The Morgan fingerprint density at radius 1 is 0.567 bits per heavy atom. The summed E-state index contributed by atoms with van der Waals surface area (Å²) in [6.45, 7) is 0. The van der Waals surface area contributed by atoms with Crippen LogP contribution >= 0.6 is 23.2 Å². The van der Waals surface area contributed by atoms with Gasteiger partial charge < -0.3 is 26.8 Å². The van der Waals surface area contributed by atoms with Crippen molar-refractivity contribution in [1.82, 2.24) is 29.9 Å². The molecule has 35 heteroatoms. The van der Waals surface area contributed by atoms with Crippen LogP contribution in [0.4, 0.5) is 52.2 Å². The molecule has 0 atom stereocenters. The maximum atomic E-state index is 12.5. The first-order chi connectivity index (χ1) is 31.2. The molecule has 2 heterocycles. The molecule has 0 saturated heterocycles. The molecule has 0 unspecified atom stereocenters. The third kappa shape index (κ3) is 13.7. The van der Waals surface area contributed by atoms with Gasteiger partial charge in [0.2, 0.25) is 34.4 Å². The lowest BCUT2D eigenvalue weighted by molar-refractivity contribution is 0.480. The van der Waals surface area contributed by atoms with E-state index >= 15 is 0 Å². The van der Waals surface area contributed by atoms with E-state index in [0.29, 0.717) is 11.4 Å². The number of halogens is 2. The van der Waals surface area contributed by atoms with Gasteiger partial charge in [-0.15, -0.1) is 35.5 Å². The van der Waals surface area contributed by atoms with E-state index in [1.54, 1.807) is 24.3 Å². The van der Waals surface area contributed by atoms with E-state index in [9.17, 15) is 44.0 Å². The summed E-state index contributed by atoms with van der Waals surface area (Å²) in [5.41, 5.74) is 5.52. The number of benzene rings is 5. The molecule has 28 nitrogen and oxygen atoms in total. The van der Waals surface area contributed by atoms with Crippen molar-refractivity contribution < 1.29 is 69.3 Å². The number of hydrogen-bond donors (Lipinski definition) is 8. The highest BCUT2D eigenvalue weighted by atomic mass is 35.5. The van der Waals surface area contributed by atoms with Crippen LogP contribution in [0.1, 0.15) is 0 Å². The molecule has 0 radical (unpaired) electrons. The summed E-state index contributed by atoms with van der Waals surface area (Å²) < 4.78 is 154. The smallest absolute Gasteiger partial charge is 0.425 e. The average molecular weight is 1060 g/mol. The van der Waals surface area contributed by atoms with Crippen LogP contribution in [0.25, 0.3) is 21.5 Å². The van der Waals surface area contributed by atoms with Gasteiger partial charge in [0.25, 0.3) is 30.4 Å². The first kappa shape index (κ1) is 50.8.